The molecule has 0 aliphatic rings. The van der Waals surface area contributed by atoms with Crippen LogP contribution in [0.5, 0.6) is 0 Å². The first-order valence-electron chi connectivity index (χ1n) is 31.6. The summed E-state index contributed by atoms with van der Waals surface area (Å²) in [5, 5.41) is 0. The molecular formula is C64H124O6. The van der Waals surface area contributed by atoms with Gasteiger partial charge in [-0.25, -0.2) is 0 Å². The van der Waals surface area contributed by atoms with Crippen molar-refractivity contribution in [2.24, 2.45) is 17.8 Å². The quantitative estimate of drug-likeness (QED) is 0.0343. The van der Waals surface area contributed by atoms with Gasteiger partial charge in [-0.15, -0.1) is 0 Å². The fourth-order valence-corrected chi connectivity index (χ4v) is 9.85. The number of rotatable bonds is 57. The maximum Gasteiger partial charge on any atom is 0.306 e. The van der Waals surface area contributed by atoms with Crippen molar-refractivity contribution in [2.75, 3.05) is 13.2 Å². The van der Waals surface area contributed by atoms with Crippen molar-refractivity contribution in [1.82, 2.24) is 0 Å². The van der Waals surface area contributed by atoms with Crippen molar-refractivity contribution >= 4 is 17.9 Å². The molecule has 2 atom stereocenters. The topological polar surface area (TPSA) is 78.9 Å². The first kappa shape index (κ1) is 68.4. The van der Waals surface area contributed by atoms with E-state index >= 15 is 0 Å². The van der Waals surface area contributed by atoms with Crippen molar-refractivity contribution in [3.05, 3.63) is 0 Å². The van der Waals surface area contributed by atoms with Gasteiger partial charge in [0, 0.05) is 19.3 Å². The minimum Gasteiger partial charge on any atom is -0.462 e. The Kier molecular flexibility index (Phi) is 53.9. The maximum atomic E-state index is 12.9. The third-order valence-corrected chi connectivity index (χ3v) is 15.0. The summed E-state index contributed by atoms with van der Waals surface area (Å²) in [6.07, 6.45) is 59.6. The molecule has 0 aliphatic heterocycles. The molecule has 0 aromatic rings. The van der Waals surface area contributed by atoms with Crippen LogP contribution >= 0.6 is 0 Å². The van der Waals surface area contributed by atoms with Crippen molar-refractivity contribution in [2.45, 2.75) is 362 Å². The second-order valence-corrected chi connectivity index (χ2v) is 23.2. The second-order valence-electron chi connectivity index (χ2n) is 23.2. The summed E-state index contributed by atoms with van der Waals surface area (Å²) in [4.78, 5) is 38.2. The summed E-state index contributed by atoms with van der Waals surface area (Å²) in [6.45, 7) is 13.8. The second kappa shape index (κ2) is 55.2. The lowest BCUT2D eigenvalue weighted by Gasteiger charge is -2.18. The van der Waals surface area contributed by atoms with Gasteiger partial charge in [0.2, 0.25) is 0 Å². The SMILES string of the molecule is CCC(C)CCCCCCCCCCCCCCCCCCCCC(=O)O[C@@H](COC(=O)CCCCCCCCCCCCCCCCCC(C)C)COC(=O)CCCCCCCCCCCC(C)C. The molecule has 6 nitrogen and oxygen atoms in total. The molecule has 0 rings (SSSR count). The van der Waals surface area contributed by atoms with Gasteiger partial charge in [0.25, 0.3) is 0 Å². The summed E-state index contributed by atoms with van der Waals surface area (Å²) in [5.74, 6) is 1.73. The van der Waals surface area contributed by atoms with E-state index in [0.717, 1.165) is 75.5 Å². The van der Waals surface area contributed by atoms with Crippen LogP contribution < -0.4 is 0 Å². The van der Waals surface area contributed by atoms with Crippen LogP contribution in [0.25, 0.3) is 0 Å². The van der Waals surface area contributed by atoms with E-state index in [4.69, 9.17) is 14.2 Å². The van der Waals surface area contributed by atoms with E-state index in [2.05, 4.69) is 41.5 Å². The van der Waals surface area contributed by atoms with E-state index in [0.29, 0.717) is 19.3 Å². The number of esters is 3. The van der Waals surface area contributed by atoms with Crippen LogP contribution in [0.1, 0.15) is 356 Å². The van der Waals surface area contributed by atoms with Crippen molar-refractivity contribution in [3.8, 4) is 0 Å². The monoisotopic (exact) mass is 989 g/mol. The van der Waals surface area contributed by atoms with Crippen molar-refractivity contribution < 1.29 is 28.6 Å². The summed E-state index contributed by atoms with van der Waals surface area (Å²) in [7, 11) is 0. The molecule has 0 amide bonds. The summed E-state index contributed by atoms with van der Waals surface area (Å²) in [6, 6.07) is 0. The Morgan fingerprint density at radius 1 is 0.286 bits per heavy atom. The van der Waals surface area contributed by atoms with E-state index in [1.807, 2.05) is 0 Å². The Morgan fingerprint density at radius 3 is 0.743 bits per heavy atom. The fraction of sp³-hybridized carbons (Fsp3) is 0.953. The lowest BCUT2D eigenvalue weighted by molar-refractivity contribution is -0.167. The lowest BCUT2D eigenvalue weighted by Crippen LogP contribution is -2.30. The molecule has 0 N–H and O–H groups in total. The largest absolute Gasteiger partial charge is 0.462 e. The Morgan fingerprint density at radius 2 is 0.500 bits per heavy atom. The standard InChI is InChI=1S/C64H124O6/c1-7-60(6)52-46-40-34-28-22-18-14-10-8-9-11-15-20-24-30-37-43-49-55-64(67)70-61(57-69-63(66)54-48-42-36-31-25-27-33-39-45-51-59(4)5)56-68-62(65)53-47-41-35-29-23-19-16-12-13-17-21-26-32-38-44-50-58(2)3/h58-61H,7-57H2,1-6H3/t60?,61-/m0/s1. The van der Waals surface area contributed by atoms with Crippen LogP contribution in [-0.4, -0.2) is 37.2 Å². The van der Waals surface area contributed by atoms with Crippen molar-refractivity contribution in [3.63, 3.8) is 0 Å². The van der Waals surface area contributed by atoms with Gasteiger partial charge < -0.3 is 14.2 Å². The van der Waals surface area contributed by atoms with Gasteiger partial charge in [-0.2, -0.15) is 0 Å². The highest BCUT2D eigenvalue weighted by molar-refractivity contribution is 5.71. The number of unbranched alkanes of at least 4 members (excludes halogenated alkanes) is 39. The van der Waals surface area contributed by atoms with E-state index < -0.39 is 6.10 Å². The number of hydrogen-bond donors (Lipinski definition) is 0. The number of ether oxygens (including phenoxy) is 3. The normalized spacial score (nSPS) is 12.5. The molecule has 0 bridgehead atoms. The van der Waals surface area contributed by atoms with Gasteiger partial charge in [-0.05, 0) is 37.0 Å². The molecule has 0 heterocycles. The Bertz CT molecular complexity index is 1090. The van der Waals surface area contributed by atoms with E-state index in [1.165, 1.54) is 238 Å². The molecular weight excluding hydrogens is 865 g/mol. The summed E-state index contributed by atoms with van der Waals surface area (Å²) < 4.78 is 16.9. The van der Waals surface area contributed by atoms with Gasteiger partial charge in [-0.1, -0.05) is 318 Å². The lowest BCUT2D eigenvalue weighted by atomic mass is 9.99. The van der Waals surface area contributed by atoms with Crippen LogP contribution in [0.4, 0.5) is 0 Å². The molecule has 0 saturated carbocycles. The number of carbonyl (C=O) groups excluding carboxylic acids is 3. The molecule has 0 saturated heterocycles. The van der Waals surface area contributed by atoms with Gasteiger partial charge in [0.1, 0.15) is 13.2 Å². The molecule has 70 heavy (non-hydrogen) atoms. The molecule has 416 valence electrons. The molecule has 0 spiro atoms. The predicted octanol–water partition coefficient (Wildman–Crippen LogP) is 21.1. The summed E-state index contributed by atoms with van der Waals surface area (Å²) in [5.41, 5.74) is 0. The fourth-order valence-electron chi connectivity index (χ4n) is 9.85. The van der Waals surface area contributed by atoms with Crippen LogP contribution in [0.2, 0.25) is 0 Å². The van der Waals surface area contributed by atoms with E-state index in [9.17, 15) is 14.4 Å². The molecule has 0 radical (unpaired) electrons. The predicted molar refractivity (Wildman–Crippen MR) is 303 cm³/mol. The van der Waals surface area contributed by atoms with Crippen LogP contribution in [0.15, 0.2) is 0 Å². The average molecular weight is 990 g/mol. The van der Waals surface area contributed by atoms with Crippen LogP contribution in [0.3, 0.4) is 0 Å². The molecule has 0 fully saturated rings. The average Bonchev–Trinajstić information content (AvgIpc) is 3.33. The van der Waals surface area contributed by atoms with Gasteiger partial charge >= 0.3 is 17.9 Å². The van der Waals surface area contributed by atoms with Crippen LogP contribution in [-0.2, 0) is 28.6 Å². The highest BCUT2D eigenvalue weighted by Crippen LogP contribution is 2.19. The highest BCUT2D eigenvalue weighted by atomic mass is 16.6. The van der Waals surface area contributed by atoms with Gasteiger partial charge in [0.15, 0.2) is 6.10 Å². The molecule has 0 aliphatic carbocycles. The smallest absolute Gasteiger partial charge is 0.306 e. The Hall–Kier alpha value is -1.59. The summed E-state index contributed by atoms with van der Waals surface area (Å²) >= 11 is 0. The van der Waals surface area contributed by atoms with Gasteiger partial charge in [0.05, 0.1) is 0 Å². The molecule has 0 aromatic carbocycles. The zero-order valence-electron chi connectivity index (χ0n) is 48.3. The minimum atomic E-state index is -0.764. The third kappa shape index (κ3) is 55.7. The zero-order chi connectivity index (χ0) is 51.2. The molecule has 0 aromatic heterocycles. The van der Waals surface area contributed by atoms with E-state index in [-0.39, 0.29) is 31.1 Å². The van der Waals surface area contributed by atoms with Crippen molar-refractivity contribution in [1.29, 1.82) is 0 Å². The highest BCUT2D eigenvalue weighted by Gasteiger charge is 2.19. The maximum absolute atomic E-state index is 12.9. The van der Waals surface area contributed by atoms with Crippen LogP contribution in [0, 0.1) is 17.8 Å². The first-order valence-corrected chi connectivity index (χ1v) is 31.6. The van der Waals surface area contributed by atoms with Gasteiger partial charge in [-0.3, -0.25) is 14.4 Å². The minimum absolute atomic E-state index is 0.0630. The first-order chi connectivity index (χ1) is 34.1. The molecule has 6 heteroatoms. The molecule has 1 unspecified atom stereocenters. The third-order valence-electron chi connectivity index (χ3n) is 15.0. The number of carbonyl (C=O) groups is 3. The van der Waals surface area contributed by atoms with E-state index in [1.54, 1.807) is 0 Å². The Labute approximate surface area is 438 Å². The zero-order valence-corrected chi connectivity index (χ0v) is 48.3. The number of hydrogen-bond acceptors (Lipinski definition) is 6. The Balaban J connectivity index is 4.24.